The van der Waals surface area contributed by atoms with Crippen LogP contribution in [0.1, 0.15) is 6.92 Å². The lowest BCUT2D eigenvalue weighted by molar-refractivity contribution is 0.0934. The molecular weight excluding hydrogens is 92.1 g/mol. The third kappa shape index (κ3) is 0.783. The lowest BCUT2D eigenvalue weighted by Gasteiger charge is -1.94. The Labute approximate surface area is 42.1 Å². The van der Waals surface area contributed by atoms with Gasteiger partial charge >= 0.3 is 0 Å². The molecule has 0 saturated carbocycles. The molecule has 1 atom stereocenters. The fourth-order valence-corrected chi connectivity index (χ4v) is 0.441. The van der Waals surface area contributed by atoms with Crippen molar-refractivity contribution in [2.24, 2.45) is 0 Å². The molecule has 7 heavy (non-hydrogen) atoms. The van der Waals surface area contributed by atoms with E-state index in [1.807, 2.05) is 6.92 Å². The van der Waals surface area contributed by atoms with Crippen LogP contribution in [0.15, 0.2) is 0 Å². The fourth-order valence-electron chi connectivity index (χ4n) is 0.441. The third-order valence-electron chi connectivity index (χ3n) is 1.01. The molecule has 0 amide bonds. The number of rotatable bonds is 0. The maximum Gasteiger partial charge on any atom is 0.107 e. The average Bonchev–Trinajstić information content (AvgIpc) is 1.91. The topological polar surface area (TPSA) is 45.1 Å². The van der Waals surface area contributed by atoms with Crippen LogP contribution >= 0.6 is 0 Å². The van der Waals surface area contributed by atoms with Crippen molar-refractivity contribution < 1.29 is 4.84 Å². The van der Waals surface area contributed by atoms with Crippen molar-refractivity contribution in [3.63, 3.8) is 0 Å². The lowest BCUT2D eigenvalue weighted by Crippen LogP contribution is -2.21. The van der Waals surface area contributed by atoms with Crippen molar-refractivity contribution in [1.82, 2.24) is 5.48 Å². The van der Waals surface area contributed by atoms with Crippen LogP contribution < -0.4 is 5.48 Å². The highest BCUT2D eigenvalue weighted by molar-refractivity contribution is 5.88. The zero-order valence-electron chi connectivity index (χ0n) is 4.19. The minimum Gasteiger partial charge on any atom is -0.305 e. The smallest absolute Gasteiger partial charge is 0.107 e. The van der Waals surface area contributed by atoms with Gasteiger partial charge in [0.25, 0.3) is 0 Å². The summed E-state index contributed by atoms with van der Waals surface area (Å²) in [4.78, 5) is 4.69. The highest BCUT2D eigenvalue weighted by Crippen LogP contribution is 1.93. The first-order chi connectivity index (χ1) is 3.30. The number of hydroxylamine groups is 1. The summed E-state index contributed by atoms with van der Waals surface area (Å²) < 4.78 is 0. The molecule has 1 fully saturated rings. The molecular formula is C4H8N2O. The quantitative estimate of drug-likeness (QED) is 0.447. The number of hydrogen-bond acceptors (Lipinski definition) is 3. The summed E-state index contributed by atoms with van der Waals surface area (Å²) in [7, 11) is 0. The van der Waals surface area contributed by atoms with Gasteiger partial charge in [-0.15, -0.1) is 0 Å². The van der Waals surface area contributed by atoms with E-state index in [9.17, 15) is 0 Å². The van der Waals surface area contributed by atoms with E-state index in [1.54, 1.807) is 0 Å². The molecule has 40 valence electrons. The number of nitrogens with one attached hydrogen (secondary N) is 2. The van der Waals surface area contributed by atoms with Gasteiger partial charge in [0.2, 0.25) is 0 Å². The zero-order valence-corrected chi connectivity index (χ0v) is 4.19. The van der Waals surface area contributed by atoms with E-state index in [0.717, 1.165) is 0 Å². The molecule has 0 aliphatic carbocycles. The Kier molecular flexibility index (Phi) is 1.08. The molecule has 0 spiro atoms. The molecule has 0 radical (unpaired) electrons. The summed E-state index contributed by atoms with van der Waals surface area (Å²) in [5, 5.41) is 7.07. The number of hydrogen-bond donors (Lipinski definition) is 2. The van der Waals surface area contributed by atoms with E-state index in [4.69, 9.17) is 10.2 Å². The lowest BCUT2D eigenvalue weighted by atomic mass is 10.2. The fraction of sp³-hybridized carbons (Fsp3) is 0.750. The molecule has 3 nitrogen and oxygen atoms in total. The molecule has 0 aromatic heterocycles. The van der Waals surface area contributed by atoms with E-state index in [-0.39, 0.29) is 6.04 Å². The van der Waals surface area contributed by atoms with Gasteiger partial charge in [-0.3, -0.25) is 4.84 Å². The molecule has 2 N–H and O–H groups in total. The summed E-state index contributed by atoms with van der Waals surface area (Å²) >= 11 is 0. The second-order valence-electron chi connectivity index (χ2n) is 1.65. The Balaban J connectivity index is 2.48. The molecule has 1 saturated heterocycles. The van der Waals surface area contributed by atoms with Gasteiger partial charge < -0.3 is 5.41 Å². The standard InChI is InChI=1S/C4H8N2O/c1-3-4(5)2-7-6-3/h3,5-6H,2H2,1H3. The summed E-state index contributed by atoms with van der Waals surface area (Å²) in [6.07, 6.45) is 0. The SMILES string of the molecule is CC1NOCC1=N. The van der Waals surface area contributed by atoms with Gasteiger partial charge in [-0.1, -0.05) is 0 Å². The van der Waals surface area contributed by atoms with Gasteiger partial charge in [0.15, 0.2) is 0 Å². The highest BCUT2D eigenvalue weighted by atomic mass is 16.7. The first-order valence-electron chi connectivity index (χ1n) is 2.25. The van der Waals surface area contributed by atoms with Gasteiger partial charge in [-0.25, -0.2) is 0 Å². The second-order valence-corrected chi connectivity index (χ2v) is 1.65. The first kappa shape index (κ1) is 4.74. The van der Waals surface area contributed by atoms with Crippen molar-refractivity contribution in [1.29, 1.82) is 5.41 Å². The monoisotopic (exact) mass is 100 g/mol. The summed E-state index contributed by atoms with van der Waals surface area (Å²) in [5.74, 6) is 0. The van der Waals surface area contributed by atoms with Gasteiger partial charge in [0.1, 0.15) is 6.61 Å². The van der Waals surface area contributed by atoms with E-state index in [2.05, 4.69) is 5.48 Å². The van der Waals surface area contributed by atoms with Crippen LogP contribution in [0, 0.1) is 5.41 Å². The van der Waals surface area contributed by atoms with Crippen molar-refractivity contribution in [3.8, 4) is 0 Å². The minimum atomic E-state index is 0.125. The predicted octanol–water partition coefficient (Wildman–Crippen LogP) is -0.0705. The second kappa shape index (κ2) is 1.60. The maximum atomic E-state index is 7.07. The van der Waals surface area contributed by atoms with Gasteiger partial charge in [0, 0.05) is 0 Å². The van der Waals surface area contributed by atoms with Crippen LogP contribution in [0.5, 0.6) is 0 Å². The van der Waals surface area contributed by atoms with Gasteiger partial charge in [0.05, 0.1) is 11.8 Å². The molecule has 0 aromatic rings. The largest absolute Gasteiger partial charge is 0.305 e. The van der Waals surface area contributed by atoms with Gasteiger partial charge in [-0.2, -0.15) is 5.48 Å². The van der Waals surface area contributed by atoms with Crippen molar-refractivity contribution in [2.45, 2.75) is 13.0 Å². The van der Waals surface area contributed by atoms with E-state index < -0.39 is 0 Å². The van der Waals surface area contributed by atoms with Crippen LogP contribution in [0.4, 0.5) is 0 Å². The molecule has 0 aromatic carbocycles. The van der Waals surface area contributed by atoms with E-state index >= 15 is 0 Å². The van der Waals surface area contributed by atoms with Crippen LogP contribution in [0.25, 0.3) is 0 Å². The summed E-state index contributed by atoms with van der Waals surface area (Å²) in [5.41, 5.74) is 3.27. The Morgan fingerprint density at radius 1 is 2.00 bits per heavy atom. The summed E-state index contributed by atoms with van der Waals surface area (Å²) in [6.45, 7) is 2.34. The molecule has 0 bridgehead atoms. The van der Waals surface area contributed by atoms with Crippen LogP contribution in [-0.4, -0.2) is 18.4 Å². The first-order valence-corrected chi connectivity index (χ1v) is 2.25. The van der Waals surface area contributed by atoms with Crippen LogP contribution in [0.2, 0.25) is 0 Å². The van der Waals surface area contributed by atoms with E-state index in [1.165, 1.54) is 0 Å². The average molecular weight is 100 g/mol. The molecule has 1 aliphatic rings. The normalized spacial score (nSPS) is 31.6. The third-order valence-corrected chi connectivity index (χ3v) is 1.01. The molecule has 1 unspecified atom stereocenters. The Morgan fingerprint density at radius 3 is 2.86 bits per heavy atom. The Morgan fingerprint density at radius 2 is 2.71 bits per heavy atom. The van der Waals surface area contributed by atoms with E-state index in [0.29, 0.717) is 12.3 Å². The minimum absolute atomic E-state index is 0.125. The molecule has 1 heterocycles. The molecule has 1 aliphatic heterocycles. The Bertz CT molecular complexity index is 91.7. The van der Waals surface area contributed by atoms with Gasteiger partial charge in [-0.05, 0) is 6.92 Å². The molecule has 1 rings (SSSR count). The highest BCUT2D eigenvalue weighted by Gasteiger charge is 2.14. The van der Waals surface area contributed by atoms with Crippen molar-refractivity contribution >= 4 is 5.71 Å². The molecule has 3 heteroatoms. The van der Waals surface area contributed by atoms with Crippen LogP contribution in [0.3, 0.4) is 0 Å². The maximum absolute atomic E-state index is 7.07. The van der Waals surface area contributed by atoms with Crippen molar-refractivity contribution in [3.05, 3.63) is 0 Å². The zero-order chi connectivity index (χ0) is 5.28. The summed E-state index contributed by atoms with van der Waals surface area (Å²) in [6, 6.07) is 0.125. The predicted molar refractivity (Wildman–Crippen MR) is 26.3 cm³/mol. The Hall–Kier alpha value is -0.410. The van der Waals surface area contributed by atoms with Crippen molar-refractivity contribution in [2.75, 3.05) is 6.61 Å². The van der Waals surface area contributed by atoms with Crippen LogP contribution in [-0.2, 0) is 4.84 Å².